The summed E-state index contributed by atoms with van der Waals surface area (Å²) in [6.07, 6.45) is 1.35. The van der Waals surface area contributed by atoms with Crippen molar-refractivity contribution in [1.29, 1.82) is 0 Å². The van der Waals surface area contributed by atoms with Crippen molar-refractivity contribution in [2.45, 2.75) is 31.9 Å². The highest BCUT2D eigenvalue weighted by molar-refractivity contribution is 9.10. The van der Waals surface area contributed by atoms with Crippen molar-refractivity contribution < 1.29 is 9.18 Å². The third kappa shape index (κ3) is 4.80. The van der Waals surface area contributed by atoms with E-state index in [-0.39, 0.29) is 11.6 Å². The van der Waals surface area contributed by atoms with Gasteiger partial charge in [-0.3, -0.25) is 4.79 Å². The summed E-state index contributed by atoms with van der Waals surface area (Å²) >= 11 is 4.82. The fourth-order valence-corrected chi connectivity index (χ4v) is 2.51. The van der Waals surface area contributed by atoms with E-state index >= 15 is 0 Å². The number of Topliss-reactive ketones (excluding diaryl/α,β-unsaturated/α-hetero) is 1. The van der Waals surface area contributed by atoms with Crippen molar-refractivity contribution in [3.8, 4) is 0 Å². The molecule has 0 radical (unpaired) electrons. The Labute approximate surface area is 114 Å². The van der Waals surface area contributed by atoms with E-state index in [9.17, 15) is 9.18 Å². The van der Waals surface area contributed by atoms with Gasteiger partial charge in [0.1, 0.15) is 11.6 Å². The van der Waals surface area contributed by atoms with Gasteiger partial charge in [-0.25, -0.2) is 4.39 Å². The Morgan fingerprint density at radius 2 is 2.24 bits per heavy atom. The van der Waals surface area contributed by atoms with Crippen molar-refractivity contribution >= 4 is 33.5 Å². The molecular weight excluding hydrogens is 303 g/mol. The van der Waals surface area contributed by atoms with Crippen LogP contribution in [0.2, 0.25) is 0 Å². The van der Waals surface area contributed by atoms with Crippen LogP contribution in [0.3, 0.4) is 0 Å². The van der Waals surface area contributed by atoms with Gasteiger partial charge in [0, 0.05) is 11.7 Å². The summed E-state index contributed by atoms with van der Waals surface area (Å²) in [5, 5.41) is 0.495. The van der Waals surface area contributed by atoms with Crippen LogP contribution >= 0.6 is 27.7 Å². The van der Waals surface area contributed by atoms with E-state index in [0.717, 1.165) is 12.0 Å². The summed E-state index contributed by atoms with van der Waals surface area (Å²) < 4.78 is 13.6. The average molecular weight is 319 g/mol. The molecule has 4 heteroatoms. The maximum absolute atomic E-state index is 13.2. The highest BCUT2D eigenvalue weighted by Gasteiger charge is 2.11. The van der Waals surface area contributed by atoms with E-state index in [0.29, 0.717) is 21.9 Å². The molecule has 0 saturated heterocycles. The van der Waals surface area contributed by atoms with Crippen molar-refractivity contribution in [3.63, 3.8) is 0 Å². The first-order valence-corrected chi connectivity index (χ1v) is 7.45. The zero-order chi connectivity index (χ0) is 12.8. The fraction of sp³-hybridized carbons (Fsp3) is 0.462. The highest BCUT2D eigenvalue weighted by atomic mass is 79.9. The maximum atomic E-state index is 13.2. The lowest BCUT2D eigenvalue weighted by molar-refractivity contribution is -0.116. The van der Waals surface area contributed by atoms with Crippen molar-refractivity contribution in [2.24, 2.45) is 0 Å². The summed E-state index contributed by atoms with van der Waals surface area (Å²) in [6, 6.07) is 4.79. The normalized spacial score (nSPS) is 12.5. The Balaban J connectivity index is 2.54. The minimum absolute atomic E-state index is 0.140. The van der Waals surface area contributed by atoms with Gasteiger partial charge >= 0.3 is 0 Å². The van der Waals surface area contributed by atoms with E-state index in [4.69, 9.17) is 0 Å². The molecule has 0 amide bonds. The van der Waals surface area contributed by atoms with Gasteiger partial charge in [-0.05, 0) is 34.0 Å². The molecule has 1 aromatic carbocycles. The molecule has 0 aromatic heterocycles. The molecule has 17 heavy (non-hydrogen) atoms. The summed E-state index contributed by atoms with van der Waals surface area (Å²) in [4.78, 5) is 11.7. The molecule has 1 rings (SSSR count). The van der Waals surface area contributed by atoms with Crippen LogP contribution in [0.4, 0.5) is 4.39 Å². The number of benzene rings is 1. The molecule has 1 aromatic rings. The molecule has 0 spiro atoms. The number of carbonyl (C=O) groups excluding carboxylic acids is 1. The summed E-state index contributed by atoms with van der Waals surface area (Å²) in [7, 11) is 0. The van der Waals surface area contributed by atoms with Gasteiger partial charge in [-0.2, -0.15) is 11.8 Å². The van der Waals surface area contributed by atoms with Gasteiger partial charge in [0.2, 0.25) is 0 Å². The first kappa shape index (κ1) is 14.7. The van der Waals surface area contributed by atoms with Crippen molar-refractivity contribution in [3.05, 3.63) is 34.1 Å². The molecule has 0 saturated carbocycles. The van der Waals surface area contributed by atoms with Crippen LogP contribution in [0.15, 0.2) is 22.7 Å². The smallest absolute Gasteiger partial charge is 0.147 e. The predicted molar refractivity (Wildman–Crippen MR) is 75.0 cm³/mol. The molecule has 0 fully saturated rings. The van der Waals surface area contributed by atoms with Crippen LogP contribution in [-0.2, 0) is 11.2 Å². The quantitative estimate of drug-likeness (QED) is 0.780. The number of ketones is 1. The third-order valence-electron chi connectivity index (χ3n) is 2.52. The lowest BCUT2D eigenvalue weighted by Crippen LogP contribution is -2.09. The van der Waals surface area contributed by atoms with E-state index in [1.165, 1.54) is 6.07 Å². The molecule has 0 aliphatic heterocycles. The molecule has 0 bridgehead atoms. The van der Waals surface area contributed by atoms with Crippen LogP contribution in [0.5, 0.6) is 0 Å². The largest absolute Gasteiger partial charge is 0.298 e. The number of hydrogen-bond acceptors (Lipinski definition) is 2. The Morgan fingerprint density at radius 1 is 1.53 bits per heavy atom. The lowest BCUT2D eigenvalue weighted by Gasteiger charge is -2.08. The number of thioether (sulfide) groups is 1. The Kier molecular flexibility index (Phi) is 6.20. The highest BCUT2D eigenvalue weighted by Crippen LogP contribution is 2.22. The zero-order valence-electron chi connectivity index (χ0n) is 10.0. The Bertz CT molecular complexity index is 395. The minimum Gasteiger partial charge on any atom is -0.298 e. The summed E-state index contributed by atoms with van der Waals surface area (Å²) in [5.74, 6) is 0.323. The number of halogens is 2. The Hall–Kier alpha value is -0.350. The molecule has 1 atom stereocenters. The SMILES string of the molecule is CCC(C)SCC(=O)Cc1cccc(F)c1Br. The minimum atomic E-state index is -0.315. The standard InChI is InChI=1S/C13H16BrFOS/c1-3-9(2)17-8-11(16)7-10-5-4-6-12(15)13(10)14/h4-6,9H,3,7-8H2,1-2H3. The summed E-state index contributed by atoms with van der Waals surface area (Å²) in [6.45, 7) is 4.21. The average Bonchev–Trinajstić information content (AvgIpc) is 2.32. The Morgan fingerprint density at radius 3 is 2.88 bits per heavy atom. The summed E-state index contributed by atoms with van der Waals surface area (Å²) in [5.41, 5.74) is 0.722. The van der Waals surface area contributed by atoms with E-state index in [2.05, 4.69) is 29.8 Å². The molecule has 0 heterocycles. The molecule has 0 aliphatic carbocycles. The van der Waals surface area contributed by atoms with E-state index < -0.39 is 0 Å². The van der Waals surface area contributed by atoms with Gasteiger partial charge in [0.25, 0.3) is 0 Å². The monoisotopic (exact) mass is 318 g/mol. The van der Waals surface area contributed by atoms with Crippen LogP contribution in [0.1, 0.15) is 25.8 Å². The van der Waals surface area contributed by atoms with Gasteiger partial charge < -0.3 is 0 Å². The topological polar surface area (TPSA) is 17.1 Å². The first-order chi connectivity index (χ1) is 8.04. The maximum Gasteiger partial charge on any atom is 0.147 e. The van der Waals surface area contributed by atoms with Gasteiger partial charge in [-0.15, -0.1) is 0 Å². The first-order valence-electron chi connectivity index (χ1n) is 5.60. The lowest BCUT2D eigenvalue weighted by atomic mass is 10.1. The van der Waals surface area contributed by atoms with Gasteiger partial charge in [-0.1, -0.05) is 26.0 Å². The fourth-order valence-electron chi connectivity index (χ4n) is 1.30. The second-order valence-corrected chi connectivity index (χ2v) is 6.18. The van der Waals surface area contributed by atoms with Crippen LogP contribution in [0.25, 0.3) is 0 Å². The number of hydrogen-bond donors (Lipinski definition) is 0. The van der Waals surface area contributed by atoms with E-state index in [1.807, 2.05) is 0 Å². The molecular formula is C13H16BrFOS. The molecule has 1 nitrogen and oxygen atoms in total. The number of carbonyl (C=O) groups is 1. The second-order valence-electron chi connectivity index (χ2n) is 3.96. The van der Waals surface area contributed by atoms with Gasteiger partial charge in [0.15, 0.2) is 0 Å². The molecule has 0 N–H and O–H groups in total. The second kappa shape index (κ2) is 7.17. The third-order valence-corrected chi connectivity index (χ3v) is 4.80. The van der Waals surface area contributed by atoms with Crippen molar-refractivity contribution in [2.75, 3.05) is 5.75 Å². The zero-order valence-corrected chi connectivity index (χ0v) is 12.4. The van der Waals surface area contributed by atoms with Crippen molar-refractivity contribution in [1.82, 2.24) is 0 Å². The van der Waals surface area contributed by atoms with E-state index in [1.54, 1.807) is 23.9 Å². The molecule has 94 valence electrons. The van der Waals surface area contributed by atoms with Crippen LogP contribution in [-0.4, -0.2) is 16.8 Å². The number of rotatable bonds is 6. The van der Waals surface area contributed by atoms with Gasteiger partial charge in [0.05, 0.1) is 10.2 Å². The molecule has 0 aliphatic rings. The van der Waals surface area contributed by atoms with Crippen LogP contribution in [0, 0.1) is 5.82 Å². The molecule has 1 unspecified atom stereocenters. The predicted octanol–water partition coefficient (Wildman–Crippen LogP) is 4.23. The van der Waals surface area contributed by atoms with Crippen LogP contribution < -0.4 is 0 Å².